The summed E-state index contributed by atoms with van der Waals surface area (Å²) in [5.74, 6) is 7.28. The van der Waals surface area contributed by atoms with Crippen molar-refractivity contribution >= 4 is 0 Å². The van der Waals surface area contributed by atoms with Crippen LogP contribution in [0.1, 0.15) is 18.8 Å². The highest BCUT2D eigenvalue weighted by Gasteiger charge is 2.15. The Morgan fingerprint density at radius 2 is 2.17 bits per heavy atom. The molecule has 96 valence electrons. The maximum atomic E-state index is 5.69. The molecule has 1 unspecified atom stereocenters. The number of imidazole rings is 1. The van der Waals surface area contributed by atoms with Crippen LogP contribution in [-0.4, -0.2) is 16.2 Å². The summed E-state index contributed by atoms with van der Waals surface area (Å²) in [4.78, 5) is 4.31. The van der Waals surface area contributed by atoms with Crippen LogP contribution in [0, 0.1) is 0 Å². The molecule has 1 aromatic heterocycles. The van der Waals surface area contributed by atoms with E-state index in [1.807, 2.05) is 41.1 Å². The van der Waals surface area contributed by atoms with Crippen molar-refractivity contribution in [2.75, 3.05) is 6.61 Å². The topological polar surface area (TPSA) is 65.1 Å². The summed E-state index contributed by atoms with van der Waals surface area (Å²) in [5.41, 5.74) is 2.74. The number of para-hydroxylation sites is 1. The van der Waals surface area contributed by atoms with E-state index in [1.54, 1.807) is 6.20 Å². The van der Waals surface area contributed by atoms with Crippen molar-refractivity contribution in [3.63, 3.8) is 0 Å². The molecule has 0 saturated heterocycles. The van der Waals surface area contributed by atoms with Gasteiger partial charge in [-0.15, -0.1) is 0 Å². The first-order chi connectivity index (χ1) is 8.85. The monoisotopic (exact) mass is 246 g/mol. The highest BCUT2D eigenvalue weighted by Crippen LogP contribution is 2.14. The van der Waals surface area contributed by atoms with E-state index in [2.05, 4.69) is 17.3 Å². The van der Waals surface area contributed by atoms with Crippen LogP contribution >= 0.6 is 0 Å². The first kappa shape index (κ1) is 12.6. The molecule has 5 heteroatoms. The molecule has 0 aliphatic rings. The number of benzene rings is 1. The molecular weight excluding hydrogens is 228 g/mol. The molecule has 0 aliphatic heterocycles. The number of hydrogen-bond donors (Lipinski definition) is 2. The predicted octanol–water partition coefficient (Wildman–Crippen LogP) is 1.49. The fourth-order valence-electron chi connectivity index (χ4n) is 1.79. The average Bonchev–Trinajstić information content (AvgIpc) is 2.89. The zero-order chi connectivity index (χ0) is 12.8. The number of nitrogens with one attached hydrogen (secondary N) is 1. The van der Waals surface area contributed by atoms with Crippen molar-refractivity contribution < 1.29 is 4.74 Å². The van der Waals surface area contributed by atoms with Gasteiger partial charge in [0.1, 0.15) is 24.2 Å². The quantitative estimate of drug-likeness (QED) is 0.598. The van der Waals surface area contributed by atoms with E-state index in [9.17, 15) is 0 Å². The lowest BCUT2D eigenvalue weighted by molar-refractivity contribution is 0.258. The number of rotatable bonds is 6. The minimum atomic E-state index is -0.125. The molecule has 5 nitrogen and oxygen atoms in total. The molecule has 3 N–H and O–H groups in total. The highest BCUT2D eigenvalue weighted by atomic mass is 16.5. The van der Waals surface area contributed by atoms with E-state index in [-0.39, 0.29) is 6.04 Å². The van der Waals surface area contributed by atoms with E-state index in [4.69, 9.17) is 10.6 Å². The van der Waals surface area contributed by atoms with Crippen LogP contribution in [0.3, 0.4) is 0 Å². The molecule has 0 bridgehead atoms. The molecule has 1 atom stereocenters. The lowest BCUT2D eigenvalue weighted by Crippen LogP contribution is -2.34. The minimum absolute atomic E-state index is 0.125. The molecule has 1 aromatic carbocycles. The van der Waals surface area contributed by atoms with Gasteiger partial charge in [-0.05, 0) is 19.1 Å². The van der Waals surface area contributed by atoms with E-state index in [0.717, 1.165) is 18.1 Å². The Bertz CT molecular complexity index is 469. The summed E-state index contributed by atoms with van der Waals surface area (Å²) in [6, 6.07) is 9.54. The van der Waals surface area contributed by atoms with E-state index >= 15 is 0 Å². The van der Waals surface area contributed by atoms with Gasteiger partial charge in [-0.25, -0.2) is 10.4 Å². The van der Waals surface area contributed by atoms with Crippen LogP contribution in [0.5, 0.6) is 5.75 Å². The van der Waals surface area contributed by atoms with Gasteiger partial charge in [0, 0.05) is 18.9 Å². The molecule has 0 amide bonds. The second kappa shape index (κ2) is 6.18. The number of nitrogens with zero attached hydrogens (tertiary/aromatic N) is 2. The predicted molar refractivity (Wildman–Crippen MR) is 69.9 cm³/mol. The van der Waals surface area contributed by atoms with Crippen LogP contribution in [0.2, 0.25) is 0 Å². The number of hydrazine groups is 1. The molecule has 1 heterocycles. The van der Waals surface area contributed by atoms with Crippen molar-refractivity contribution in [2.24, 2.45) is 5.84 Å². The number of aromatic nitrogens is 2. The van der Waals surface area contributed by atoms with E-state index < -0.39 is 0 Å². The van der Waals surface area contributed by atoms with Gasteiger partial charge in [-0.2, -0.15) is 0 Å². The lowest BCUT2D eigenvalue weighted by Gasteiger charge is -2.17. The molecule has 0 aliphatic carbocycles. The lowest BCUT2D eigenvalue weighted by atomic mass is 10.3. The molecule has 18 heavy (non-hydrogen) atoms. The third-order valence-electron chi connectivity index (χ3n) is 2.76. The Morgan fingerprint density at radius 3 is 2.83 bits per heavy atom. The van der Waals surface area contributed by atoms with Gasteiger partial charge in [0.15, 0.2) is 0 Å². The Morgan fingerprint density at radius 1 is 1.39 bits per heavy atom. The third kappa shape index (κ3) is 2.88. The minimum Gasteiger partial charge on any atom is -0.491 e. The highest BCUT2D eigenvalue weighted by molar-refractivity contribution is 5.21. The number of ether oxygens (including phenoxy) is 1. The van der Waals surface area contributed by atoms with Crippen molar-refractivity contribution in [2.45, 2.75) is 19.5 Å². The number of aryl methyl sites for hydroxylation is 1. The van der Waals surface area contributed by atoms with Gasteiger partial charge in [0.05, 0.1) is 0 Å². The van der Waals surface area contributed by atoms with Gasteiger partial charge >= 0.3 is 0 Å². The maximum Gasteiger partial charge on any atom is 0.130 e. The standard InChI is InChI=1S/C13H18N4O/c1-2-17-9-8-15-13(17)12(16-14)10-18-11-6-4-3-5-7-11/h3-9,12,16H,2,10,14H2,1H3. The molecule has 2 rings (SSSR count). The van der Waals surface area contributed by atoms with E-state index in [0.29, 0.717) is 6.61 Å². The van der Waals surface area contributed by atoms with Crippen LogP contribution in [-0.2, 0) is 6.54 Å². The summed E-state index contributed by atoms with van der Waals surface area (Å²) in [6.07, 6.45) is 3.70. The van der Waals surface area contributed by atoms with Crippen LogP contribution < -0.4 is 16.0 Å². The summed E-state index contributed by atoms with van der Waals surface area (Å²) in [5, 5.41) is 0. The number of hydrogen-bond acceptors (Lipinski definition) is 4. The van der Waals surface area contributed by atoms with Crippen molar-refractivity contribution in [1.82, 2.24) is 15.0 Å². The van der Waals surface area contributed by atoms with Crippen LogP contribution in [0.4, 0.5) is 0 Å². The van der Waals surface area contributed by atoms with Gasteiger partial charge in [-0.1, -0.05) is 18.2 Å². The van der Waals surface area contributed by atoms with Crippen molar-refractivity contribution in [1.29, 1.82) is 0 Å². The molecule has 0 spiro atoms. The Balaban J connectivity index is 2.02. The maximum absolute atomic E-state index is 5.69. The van der Waals surface area contributed by atoms with Gasteiger partial charge in [-0.3, -0.25) is 5.84 Å². The smallest absolute Gasteiger partial charge is 0.130 e. The summed E-state index contributed by atoms with van der Waals surface area (Å²) in [6.45, 7) is 3.37. The zero-order valence-corrected chi connectivity index (χ0v) is 10.4. The van der Waals surface area contributed by atoms with Crippen LogP contribution in [0.25, 0.3) is 0 Å². The first-order valence-corrected chi connectivity index (χ1v) is 6.00. The van der Waals surface area contributed by atoms with E-state index in [1.165, 1.54) is 0 Å². The second-order valence-corrected chi connectivity index (χ2v) is 3.91. The van der Waals surface area contributed by atoms with Gasteiger partial charge < -0.3 is 9.30 Å². The summed E-state index contributed by atoms with van der Waals surface area (Å²) >= 11 is 0. The van der Waals surface area contributed by atoms with Crippen molar-refractivity contribution in [3.8, 4) is 5.75 Å². The fraction of sp³-hybridized carbons (Fsp3) is 0.308. The Hall–Kier alpha value is -1.85. The first-order valence-electron chi connectivity index (χ1n) is 6.00. The molecule has 0 radical (unpaired) electrons. The second-order valence-electron chi connectivity index (χ2n) is 3.91. The summed E-state index contributed by atoms with van der Waals surface area (Å²) in [7, 11) is 0. The van der Waals surface area contributed by atoms with Gasteiger partial charge in [0.25, 0.3) is 0 Å². The number of nitrogens with two attached hydrogens (primary N) is 1. The molecule has 0 fully saturated rings. The fourth-order valence-corrected chi connectivity index (χ4v) is 1.79. The third-order valence-corrected chi connectivity index (χ3v) is 2.76. The Kier molecular flexibility index (Phi) is 4.33. The largest absolute Gasteiger partial charge is 0.491 e. The van der Waals surface area contributed by atoms with Crippen LogP contribution in [0.15, 0.2) is 42.7 Å². The molecule has 2 aromatic rings. The Labute approximate surface area is 107 Å². The van der Waals surface area contributed by atoms with Crippen molar-refractivity contribution in [3.05, 3.63) is 48.5 Å². The molecule has 0 saturated carbocycles. The average molecular weight is 246 g/mol. The summed E-state index contributed by atoms with van der Waals surface area (Å²) < 4.78 is 7.73. The zero-order valence-electron chi connectivity index (χ0n) is 10.4. The normalized spacial score (nSPS) is 12.3. The molecular formula is C13H18N4O. The van der Waals surface area contributed by atoms with Gasteiger partial charge in [0.2, 0.25) is 0 Å². The SMILES string of the molecule is CCn1ccnc1C(COc1ccccc1)NN.